The maximum absolute atomic E-state index is 12.0. The molecule has 0 saturated carbocycles. The van der Waals surface area contributed by atoms with Crippen LogP contribution in [0.1, 0.15) is 31.4 Å². The van der Waals surface area contributed by atoms with E-state index in [2.05, 4.69) is 17.1 Å². The molecular formula is C17H22N2O3. The highest BCUT2D eigenvalue weighted by atomic mass is 16.5. The predicted octanol–water partition coefficient (Wildman–Crippen LogP) is 1.72. The zero-order valence-corrected chi connectivity index (χ0v) is 12.8. The van der Waals surface area contributed by atoms with E-state index in [-0.39, 0.29) is 5.60 Å². The predicted molar refractivity (Wildman–Crippen MR) is 82.2 cm³/mol. The third kappa shape index (κ3) is 2.44. The van der Waals surface area contributed by atoms with Gasteiger partial charge in [0, 0.05) is 25.6 Å². The Hall–Kier alpha value is -1.72. The van der Waals surface area contributed by atoms with E-state index in [0.717, 1.165) is 18.5 Å². The number of primary amides is 1. The lowest BCUT2D eigenvalue weighted by molar-refractivity contribution is -0.144. The Kier molecular flexibility index (Phi) is 4.02. The highest BCUT2D eigenvalue weighted by molar-refractivity contribution is 5.81. The van der Waals surface area contributed by atoms with E-state index in [0.29, 0.717) is 19.4 Å². The zero-order chi connectivity index (χ0) is 15.6. The Morgan fingerprint density at radius 3 is 2.91 bits per heavy atom. The number of aromatic nitrogens is 1. The van der Waals surface area contributed by atoms with Gasteiger partial charge in [-0.25, -0.2) is 0 Å². The molecular weight excluding hydrogens is 280 g/mol. The number of hydrogen-bond donors (Lipinski definition) is 1. The minimum Gasteiger partial charge on any atom is -0.371 e. The quantitative estimate of drug-likeness (QED) is 0.859. The molecule has 3 rings (SSSR count). The van der Waals surface area contributed by atoms with Crippen molar-refractivity contribution in [2.75, 3.05) is 13.7 Å². The van der Waals surface area contributed by atoms with Gasteiger partial charge in [0.15, 0.2) is 0 Å². The summed E-state index contributed by atoms with van der Waals surface area (Å²) in [5, 5.41) is 0. The molecule has 1 aliphatic carbocycles. The van der Waals surface area contributed by atoms with Gasteiger partial charge in [-0.1, -0.05) is 18.2 Å². The number of hydrogen-bond acceptors (Lipinski definition) is 4. The fraction of sp³-hybridized carbons (Fsp3) is 0.529. The molecule has 2 N–H and O–H groups in total. The molecule has 118 valence electrons. The van der Waals surface area contributed by atoms with Crippen LogP contribution < -0.4 is 5.73 Å². The van der Waals surface area contributed by atoms with Crippen molar-refractivity contribution in [2.45, 2.75) is 42.8 Å². The van der Waals surface area contributed by atoms with E-state index in [1.165, 1.54) is 7.11 Å². The molecule has 1 fully saturated rings. The van der Waals surface area contributed by atoms with E-state index >= 15 is 0 Å². The third-order valence-electron chi connectivity index (χ3n) is 4.88. The van der Waals surface area contributed by atoms with Crippen LogP contribution >= 0.6 is 0 Å². The number of allylic oxidation sites excluding steroid dienone is 1. The Balaban J connectivity index is 2.07. The molecule has 0 radical (unpaired) electrons. The summed E-state index contributed by atoms with van der Waals surface area (Å²) < 4.78 is 11.6. The van der Waals surface area contributed by atoms with Gasteiger partial charge in [-0.05, 0) is 37.8 Å². The van der Waals surface area contributed by atoms with Crippen LogP contribution in [-0.4, -0.2) is 36.3 Å². The Bertz CT molecular complexity index is 575. The molecule has 5 heteroatoms. The van der Waals surface area contributed by atoms with Gasteiger partial charge in [0.2, 0.25) is 5.91 Å². The second-order valence-corrected chi connectivity index (χ2v) is 6.17. The van der Waals surface area contributed by atoms with E-state index in [9.17, 15) is 4.79 Å². The number of carbonyl (C=O) groups excluding carboxylic acids is 1. The molecule has 3 unspecified atom stereocenters. The monoisotopic (exact) mass is 302 g/mol. The molecule has 2 heterocycles. The van der Waals surface area contributed by atoms with E-state index in [1.807, 2.05) is 18.2 Å². The van der Waals surface area contributed by atoms with Gasteiger partial charge in [-0.3, -0.25) is 9.78 Å². The molecule has 2 aliphatic rings. The average Bonchev–Trinajstić information content (AvgIpc) is 2.96. The van der Waals surface area contributed by atoms with Gasteiger partial charge < -0.3 is 15.2 Å². The number of amides is 1. The first-order valence-electron chi connectivity index (χ1n) is 7.67. The number of rotatable bonds is 4. The molecule has 5 nitrogen and oxygen atoms in total. The topological polar surface area (TPSA) is 74.4 Å². The molecule has 0 aromatic carbocycles. The second-order valence-electron chi connectivity index (χ2n) is 6.17. The largest absolute Gasteiger partial charge is 0.371 e. The fourth-order valence-corrected chi connectivity index (χ4v) is 3.93. The minimum atomic E-state index is -0.711. The van der Waals surface area contributed by atoms with Crippen LogP contribution in [0.15, 0.2) is 36.5 Å². The summed E-state index contributed by atoms with van der Waals surface area (Å²) in [6.45, 7) is 0.564. The summed E-state index contributed by atoms with van der Waals surface area (Å²) in [7, 11) is 1.53. The summed E-state index contributed by atoms with van der Waals surface area (Å²) >= 11 is 0. The molecule has 1 amide bonds. The molecule has 1 aromatic heterocycles. The van der Waals surface area contributed by atoms with Gasteiger partial charge in [-0.2, -0.15) is 0 Å². The number of carbonyl (C=O) groups is 1. The Labute approximate surface area is 130 Å². The first-order valence-corrected chi connectivity index (χ1v) is 7.67. The third-order valence-corrected chi connectivity index (χ3v) is 4.88. The molecule has 22 heavy (non-hydrogen) atoms. The Morgan fingerprint density at radius 2 is 2.32 bits per heavy atom. The van der Waals surface area contributed by atoms with Crippen molar-refractivity contribution in [3.63, 3.8) is 0 Å². The second kappa shape index (κ2) is 5.82. The van der Waals surface area contributed by atoms with Crippen molar-refractivity contribution < 1.29 is 14.3 Å². The van der Waals surface area contributed by atoms with E-state index < -0.39 is 17.4 Å². The number of pyridine rings is 1. The van der Waals surface area contributed by atoms with Gasteiger partial charge in [-0.15, -0.1) is 0 Å². The highest BCUT2D eigenvalue weighted by Gasteiger charge is 2.53. The smallest absolute Gasteiger partial charge is 0.247 e. The molecule has 1 aliphatic heterocycles. The van der Waals surface area contributed by atoms with Crippen LogP contribution in [-0.2, 0) is 19.7 Å². The number of methoxy groups -OCH3 is 1. The average molecular weight is 302 g/mol. The summed E-state index contributed by atoms with van der Waals surface area (Å²) in [4.78, 5) is 16.5. The van der Waals surface area contributed by atoms with Crippen LogP contribution in [0.4, 0.5) is 0 Å². The highest BCUT2D eigenvalue weighted by Crippen LogP contribution is 2.48. The summed E-state index contributed by atoms with van der Waals surface area (Å²) in [5.74, 6) is -0.452. The van der Waals surface area contributed by atoms with Crippen LogP contribution in [0.5, 0.6) is 0 Å². The standard InChI is InChI=1S/C17H22N2O3/c1-21-14(15(18)20)17(13-6-2-5-10-19-13)9-11-22-16(12-17)7-3-4-8-16/h2-3,5-7,10,14H,4,8-9,11-12H2,1H3,(H2,18,20). The van der Waals surface area contributed by atoms with Crippen molar-refractivity contribution in [1.29, 1.82) is 0 Å². The minimum absolute atomic E-state index is 0.331. The van der Waals surface area contributed by atoms with Crippen molar-refractivity contribution in [3.8, 4) is 0 Å². The molecule has 1 spiro atoms. The molecule has 0 bridgehead atoms. The van der Waals surface area contributed by atoms with Crippen LogP contribution in [0.2, 0.25) is 0 Å². The van der Waals surface area contributed by atoms with E-state index in [1.54, 1.807) is 6.20 Å². The SMILES string of the molecule is COC(C(N)=O)C1(c2ccccn2)CCOC2(C=CCC2)C1. The van der Waals surface area contributed by atoms with Crippen molar-refractivity contribution in [3.05, 3.63) is 42.2 Å². The number of ether oxygens (including phenoxy) is 2. The lowest BCUT2D eigenvalue weighted by Gasteiger charge is -2.47. The maximum Gasteiger partial charge on any atom is 0.247 e. The van der Waals surface area contributed by atoms with Crippen LogP contribution in [0.3, 0.4) is 0 Å². The van der Waals surface area contributed by atoms with Crippen molar-refractivity contribution in [1.82, 2.24) is 4.98 Å². The number of nitrogens with zero attached hydrogens (tertiary/aromatic N) is 1. The number of nitrogens with two attached hydrogens (primary N) is 1. The zero-order valence-electron chi connectivity index (χ0n) is 12.8. The molecule has 3 atom stereocenters. The van der Waals surface area contributed by atoms with Crippen LogP contribution in [0, 0.1) is 0 Å². The van der Waals surface area contributed by atoms with E-state index in [4.69, 9.17) is 15.2 Å². The lowest BCUT2D eigenvalue weighted by atomic mass is 9.66. The summed E-state index contributed by atoms with van der Waals surface area (Å²) in [5.41, 5.74) is 5.61. The van der Waals surface area contributed by atoms with Crippen LogP contribution in [0.25, 0.3) is 0 Å². The first-order chi connectivity index (χ1) is 10.6. The van der Waals surface area contributed by atoms with Gasteiger partial charge in [0.25, 0.3) is 0 Å². The van der Waals surface area contributed by atoms with Gasteiger partial charge >= 0.3 is 0 Å². The van der Waals surface area contributed by atoms with Gasteiger partial charge in [0.1, 0.15) is 6.10 Å². The normalized spacial score (nSPS) is 32.2. The van der Waals surface area contributed by atoms with Crippen molar-refractivity contribution >= 4 is 5.91 Å². The fourth-order valence-electron chi connectivity index (χ4n) is 3.93. The first kappa shape index (κ1) is 15.2. The van der Waals surface area contributed by atoms with Crippen molar-refractivity contribution in [2.24, 2.45) is 5.73 Å². The summed E-state index contributed by atoms with van der Waals surface area (Å²) in [6.07, 6.45) is 8.55. The summed E-state index contributed by atoms with van der Waals surface area (Å²) in [6, 6.07) is 5.75. The Morgan fingerprint density at radius 1 is 1.45 bits per heavy atom. The lowest BCUT2D eigenvalue weighted by Crippen LogP contribution is -2.56. The molecule has 1 saturated heterocycles. The maximum atomic E-state index is 12.0. The molecule has 1 aromatic rings. The van der Waals surface area contributed by atoms with Gasteiger partial charge in [0.05, 0.1) is 11.0 Å².